The Labute approximate surface area is 170 Å². The number of carbonyl (C=O) groups excluding carboxylic acids is 1. The van der Waals surface area contributed by atoms with Gasteiger partial charge in [-0.25, -0.2) is 17.6 Å². The molecule has 0 aliphatic carbocycles. The van der Waals surface area contributed by atoms with Crippen LogP contribution in [-0.2, 0) is 14.8 Å². The van der Waals surface area contributed by atoms with Crippen molar-refractivity contribution >= 4 is 16.0 Å². The van der Waals surface area contributed by atoms with Crippen LogP contribution < -0.4 is 4.74 Å². The molecule has 0 saturated carbocycles. The minimum atomic E-state index is -3.58. The number of hydrogen-bond donors (Lipinski definition) is 0. The number of para-hydroxylation sites is 1. The van der Waals surface area contributed by atoms with Crippen molar-refractivity contribution in [1.29, 1.82) is 0 Å². The van der Waals surface area contributed by atoms with Gasteiger partial charge in [0.2, 0.25) is 10.0 Å². The van der Waals surface area contributed by atoms with Gasteiger partial charge >= 0.3 is 5.97 Å². The summed E-state index contributed by atoms with van der Waals surface area (Å²) < 4.78 is 50.9. The average Bonchev–Trinajstić information content (AvgIpc) is 2.72. The van der Waals surface area contributed by atoms with Gasteiger partial charge < -0.3 is 9.47 Å². The SMILES string of the molecule is CC1CCCCN1S(=O)(=O)c1ccc(C(=O)OCCOc2ccccc2F)cc1. The summed E-state index contributed by atoms with van der Waals surface area (Å²) in [7, 11) is -3.58. The number of nitrogens with zero attached hydrogens (tertiary/aromatic N) is 1. The number of halogens is 1. The van der Waals surface area contributed by atoms with Gasteiger partial charge in [0.1, 0.15) is 13.2 Å². The number of esters is 1. The zero-order valence-corrected chi connectivity index (χ0v) is 17.0. The van der Waals surface area contributed by atoms with Crippen LogP contribution >= 0.6 is 0 Å². The molecule has 0 spiro atoms. The van der Waals surface area contributed by atoms with Crippen molar-refractivity contribution in [3.8, 4) is 5.75 Å². The van der Waals surface area contributed by atoms with E-state index in [-0.39, 0.29) is 35.5 Å². The van der Waals surface area contributed by atoms with Gasteiger partial charge in [-0.3, -0.25) is 0 Å². The van der Waals surface area contributed by atoms with E-state index in [1.807, 2.05) is 6.92 Å². The van der Waals surface area contributed by atoms with Crippen LogP contribution in [0.3, 0.4) is 0 Å². The molecule has 0 bridgehead atoms. The topological polar surface area (TPSA) is 72.9 Å². The summed E-state index contributed by atoms with van der Waals surface area (Å²) in [5.41, 5.74) is 0.238. The van der Waals surface area contributed by atoms with Gasteiger partial charge in [0.15, 0.2) is 11.6 Å². The molecule has 1 aliphatic heterocycles. The largest absolute Gasteiger partial charge is 0.487 e. The van der Waals surface area contributed by atoms with Crippen molar-refractivity contribution in [2.24, 2.45) is 0 Å². The normalized spacial score (nSPS) is 17.7. The highest BCUT2D eigenvalue weighted by molar-refractivity contribution is 7.89. The molecule has 2 aromatic rings. The predicted molar refractivity (Wildman–Crippen MR) is 106 cm³/mol. The number of sulfonamides is 1. The smallest absolute Gasteiger partial charge is 0.338 e. The number of benzene rings is 2. The molecule has 0 radical (unpaired) electrons. The molecule has 0 aromatic heterocycles. The first-order valence-electron chi connectivity index (χ1n) is 9.56. The fourth-order valence-corrected chi connectivity index (χ4v) is 4.96. The molecule has 0 amide bonds. The summed E-state index contributed by atoms with van der Waals surface area (Å²) in [5, 5.41) is 0. The van der Waals surface area contributed by atoms with Crippen molar-refractivity contribution in [2.45, 2.75) is 37.1 Å². The lowest BCUT2D eigenvalue weighted by molar-refractivity contribution is 0.0448. The van der Waals surface area contributed by atoms with Crippen molar-refractivity contribution in [3.05, 3.63) is 59.9 Å². The molecule has 1 saturated heterocycles. The van der Waals surface area contributed by atoms with Crippen LogP contribution in [0, 0.1) is 5.82 Å². The van der Waals surface area contributed by atoms with Crippen LogP contribution in [0.4, 0.5) is 4.39 Å². The fraction of sp³-hybridized carbons (Fsp3) is 0.381. The van der Waals surface area contributed by atoms with Crippen molar-refractivity contribution in [3.63, 3.8) is 0 Å². The quantitative estimate of drug-likeness (QED) is 0.504. The highest BCUT2D eigenvalue weighted by atomic mass is 32.2. The van der Waals surface area contributed by atoms with E-state index in [2.05, 4.69) is 0 Å². The lowest BCUT2D eigenvalue weighted by Crippen LogP contribution is -2.41. The second-order valence-electron chi connectivity index (χ2n) is 6.90. The summed E-state index contributed by atoms with van der Waals surface area (Å²) in [4.78, 5) is 12.3. The Hall–Kier alpha value is -2.45. The molecule has 1 heterocycles. The Balaban J connectivity index is 1.55. The first-order valence-corrected chi connectivity index (χ1v) is 11.0. The van der Waals surface area contributed by atoms with Crippen LogP contribution in [0.5, 0.6) is 5.75 Å². The molecular weight excluding hydrogens is 397 g/mol. The van der Waals surface area contributed by atoms with E-state index in [1.54, 1.807) is 12.1 Å². The Bertz CT molecular complexity index is 946. The molecule has 156 valence electrons. The van der Waals surface area contributed by atoms with E-state index in [9.17, 15) is 17.6 Å². The van der Waals surface area contributed by atoms with E-state index in [1.165, 1.54) is 40.7 Å². The maximum absolute atomic E-state index is 13.4. The number of ether oxygens (including phenoxy) is 2. The Kier molecular flexibility index (Phi) is 6.87. The number of piperidine rings is 1. The summed E-state index contributed by atoms with van der Waals surface area (Å²) in [6.07, 6.45) is 2.72. The standard InChI is InChI=1S/C21H24FNO5S/c1-16-6-4-5-13-23(16)29(25,26)18-11-9-17(10-12-18)21(24)28-15-14-27-20-8-3-2-7-19(20)22/h2-3,7-12,16H,4-6,13-15H2,1H3. The van der Waals surface area contributed by atoms with Gasteiger partial charge in [-0.15, -0.1) is 0 Å². The van der Waals surface area contributed by atoms with Crippen molar-refractivity contribution < 1.29 is 27.1 Å². The molecule has 1 atom stereocenters. The third-order valence-corrected chi connectivity index (χ3v) is 6.88. The molecule has 3 rings (SSSR count). The minimum absolute atomic E-state index is 0.00594. The number of carbonyl (C=O) groups is 1. The van der Waals surface area contributed by atoms with Gasteiger partial charge in [-0.05, 0) is 56.2 Å². The van der Waals surface area contributed by atoms with Crippen molar-refractivity contribution in [2.75, 3.05) is 19.8 Å². The zero-order chi connectivity index (χ0) is 20.9. The summed E-state index contributed by atoms with van der Waals surface area (Å²) in [6, 6.07) is 11.6. The van der Waals surface area contributed by atoms with Crippen LogP contribution in [0.25, 0.3) is 0 Å². The van der Waals surface area contributed by atoms with E-state index in [4.69, 9.17) is 9.47 Å². The third kappa shape index (κ3) is 5.13. The van der Waals surface area contributed by atoms with Gasteiger partial charge in [0, 0.05) is 12.6 Å². The third-order valence-electron chi connectivity index (χ3n) is 4.85. The first-order chi connectivity index (χ1) is 13.9. The van der Waals surface area contributed by atoms with E-state index in [0.717, 1.165) is 19.3 Å². The van der Waals surface area contributed by atoms with E-state index >= 15 is 0 Å². The molecule has 1 aliphatic rings. The number of hydrogen-bond acceptors (Lipinski definition) is 5. The molecule has 2 aromatic carbocycles. The monoisotopic (exact) mass is 421 g/mol. The second-order valence-corrected chi connectivity index (χ2v) is 8.79. The summed E-state index contributed by atoms with van der Waals surface area (Å²) >= 11 is 0. The van der Waals surface area contributed by atoms with Gasteiger partial charge in [-0.2, -0.15) is 4.31 Å². The van der Waals surface area contributed by atoms with Gasteiger partial charge in [-0.1, -0.05) is 18.6 Å². The zero-order valence-electron chi connectivity index (χ0n) is 16.2. The molecule has 6 nitrogen and oxygen atoms in total. The minimum Gasteiger partial charge on any atom is -0.487 e. The molecule has 0 N–H and O–H groups in total. The van der Waals surface area contributed by atoms with Crippen molar-refractivity contribution in [1.82, 2.24) is 4.31 Å². The average molecular weight is 421 g/mol. The highest BCUT2D eigenvalue weighted by Gasteiger charge is 2.30. The van der Waals surface area contributed by atoms with Crippen LogP contribution in [0.1, 0.15) is 36.5 Å². The molecule has 1 fully saturated rings. The Morgan fingerprint density at radius 1 is 1.10 bits per heavy atom. The lowest BCUT2D eigenvalue weighted by atomic mass is 10.1. The van der Waals surface area contributed by atoms with E-state index in [0.29, 0.717) is 6.54 Å². The molecule has 8 heteroatoms. The predicted octanol–water partition coefficient (Wildman–Crippen LogP) is 3.62. The molecule has 29 heavy (non-hydrogen) atoms. The number of rotatable bonds is 7. The van der Waals surface area contributed by atoms with Crippen LogP contribution in [0.2, 0.25) is 0 Å². The fourth-order valence-electron chi connectivity index (χ4n) is 3.26. The Morgan fingerprint density at radius 2 is 1.83 bits per heavy atom. The van der Waals surface area contributed by atoms with Crippen LogP contribution in [-0.4, -0.2) is 44.5 Å². The maximum Gasteiger partial charge on any atom is 0.338 e. The second kappa shape index (κ2) is 9.37. The van der Waals surface area contributed by atoms with Gasteiger partial charge in [0.05, 0.1) is 10.5 Å². The molecular formula is C21H24FNO5S. The lowest BCUT2D eigenvalue weighted by Gasteiger charge is -2.32. The summed E-state index contributed by atoms with van der Waals surface area (Å²) in [6.45, 7) is 2.37. The van der Waals surface area contributed by atoms with Crippen LogP contribution in [0.15, 0.2) is 53.4 Å². The maximum atomic E-state index is 13.4. The molecule has 1 unspecified atom stereocenters. The summed E-state index contributed by atoms with van der Waals surface area (Å²) in [5.74, 6) is -0.999. The van der Waals surface area contributed by atoms with Gasteiger partial charge in [0.25, 0.3) is 0 Å². The van der Waals surface area contributed by atoms with E-state index < -0.39 is 21.8 Å². The highest BCUT2D eigenvalue weighted by Crippen LogP contribution is 2.25. The Morgan fingerprint density at radius 3 is 2.52 bits per heavy atom. The first kappa shape index (κ1) is 21.3.